The van der Waals surface area contributed by atoms with Gasteiger partial charge < -0.3 is 5.32 Å². The molecule has 88 valence electrons. The number of benzene rings is 2. The van der Waals surface area contributed by atoms with Crippen LogP contribution in [0.4, 0.5) is 5.69 Å². The van der Waals surface area contributed by atoms with Gasteiger partial charge in [-0.05, 0) is 29.8 Å². The van der Waals surface area contributed by atoms with E-state index in [4.69, 9.17) is 11.6 Å². The molecule has 1 aliphatic rings. The smallest absolute Gasteiger partial charge is 0.211 e. The van der Waals surface area contributed by atoms with Crippen LogP contribution in [0.15, 0.2) is 54.2 Å². The van der Waals surface area contributed by atoms with Gasteiger partial charge in [0.15, 0.2) is 0 Å². The van der Waals surface area contributed by atoms with E-state index in [0.29, 0.717) is 16.3 Å². The number of nitrogens with one attached hydrogen (secondary N) is 1. The molecule has 18 heavy (non-hydrogen) atoms. The molecular weight excluding hydrogens is 246 g/mol. The number of hydrogen-bond donors (Lipinski definition) is 1. The van der Waals surface area contributed by atoms with E-state index >= 15 is 0 Å². The van der Waals surface area contributed by atoms with Crippen molar-refractivity contribution in [3.63, 3.8) is 0 Å². The lowest BCUT2D eigenvalue weighted by Gasteiger charge is -1.99. The molecule has 3 rings (SSSR count). The zero-order valence-electron chi connectivity index (χ0n) is 9.48. The second kappa shape index (κ2) is 4.31. The third-order valence-corrected chi connectivity index (χ3v) is 3.09. The standard InChI is InChI=1S/C15H10ClNO/c16-11-6-7-12-13(9-11)17-14(15(12)18)8-10-4-2-1-3-5-10/h1-9,17H/b14-8-. The van der Waals surface area contributed by atoms with Gasteiger partial charge in [-0.1, -0.05) is 41.9 Å². The van der Waals surface area contributed by atoms with Gasteiger partial charge in [-0.2, -0.15) is 0 Å². The number of carbonyl (C=O) groups is 1. The molecule has 0 bridgehead atoms. The van der Waals surface area contributed by atoms with E-state index in [1.807, 2.05) is 36.4 Å². The maximum Gasteiger partial charge on any atom is 0.211 e. The molecular formula is C15H10ClNO. The molecule has 0 fully saturated rings. The molecule has 0 saturated heterocycles. The summed E-state index contributed by atoms with van der Waals surface area (Å²) < 4.78 is 0. The van der Waals surface area contributed by atoms with E-state index in [0.717, 1.165) is 11.3 Å². The van der Waals surface area contributed by atoms with Gasteiger partial charge in [-0.15, -0.1) is 0 Å². The van der Waals surface area contributed by atoms with Crippen LogP contribution >= 0.6 is 11.6 Å². The van der Waals surface area contributed by atoms with Crippen LogP contribution in [0, 0.1) is 0 Å². The molecule has 0 saturated carbocycles. The highest BCUT2D eigenvalue weighted by Crippen LogP contribution is 2.31. The molecule has 0 aliphatic carbocycles. The van der Waals surface area contributed by atoms with Gasteiger partial charge in [0.05, 0.1) is 11.4 Å². The number of allylic oxidation sites excluding steroid dienone is 1. The quantitative estimate of drug-likeness (QED) is 0.781. The van der Waals surface area contributed by atoms with E-state index in [-0.39, 0.29) is 5.78 Å². The van der Waals surface area contributed by atoms with Gasteiger partial charge in [-0.3, -0.25) is 4.79 Å². The average Bonchev–Trinajstić information content (AvgIpc) is 2.67. The maximum atomic E-state index is 12.1. The van der Waals surface area contributed by atoms with E-state index < -0.39 is 0 Å². The SMILES string of the molecule is O=C1/C(=C/c2ccccc2)Nc2cc(Cl)ccc21. The van der Waals surface area contributed by atoms with Gasteiger partial charge >= 0.3 is 0 Å². The molecule has 1 N–H and O–H groups in total. The summed E-state index contributed by atoms with van der Waals surface area (Å²) in [6.07, 6.45) is 1.84. The Bertz CT molecular complexity index is 647. The van der Waals surface area contributed by atoms with Crippen molar-refractivity contribution in [3.05, 3.63) is 70.4 Å². The first-order valence-corrected chi connectivity index (χ1v) is 6.00. The fourth-order valence-electron chi connectivity index (χ4n) is 1.98. The van der Waals surface area contributed by atoms with Crippen LogP contribution in [-0.4, -0.2) is 5.78 Å². The van der Waals surface area contributed by atoms with Gasteiger partial charge in [0.25, 0.3) is 0 Å². The van der Waals surface area contributed by atoms with Crippen molar-refractivity contribution < 1.29 is 4.79 Å². The summed E-state index contributed by atoms with van der Waals surface area (Å²) >= 11 is 5.91. The summed E-state index contributed by atoms with van der Waals surface area (Å²) in [6, 6.07) is 15.0. The van der Waals surface area contributed by atoms with E-state index in [2.05, 4.69) is 5.32 Å². The van der Waals surface area contributed by atoms with Crippen LogP contribution in [0.1, 0.15) is 15.9 Å². The third-order valence-electron chi connectivity index (χ3n) is 2.85. The Morgan fingerprint density at radius 2 is 1.83 bits per heavy atom. The molecule has 0 amide bonds. The summed E-state index contributed by atoms with van der Waals surface area (Å²) in [4.78, 5) is 12.1. The normalized spacial score (nSPS) is 15.6. The summed E-state index contributed by atoms with van der Waals surface area (Å²) in [6.45, 7) is 0. The zero-order chi connectivity index (χ0) is 12.5. The molecule has 3 heteroatoms. The van der Waals surface area contributed by atoms with Crippen molar-refractivity contribution in [1.29, 1.82) is 0 Å². The monoisotopic (exact) mass is 255 g/mol. The Kier molecular flexibility index (Phi) is 2.65. The summed E-state index contributed by atoms with van der Waals surface area (Å²) in [5, 5.41) is 3.72. The molecule has 1 heterocycles. The van der Waals surface area contributed by atoms with Gasteiger partial charge in [0.2, 0.25) is 5.78 Å². The Morgan fingerprint density at radius 3 is 2.61 bits per heavy atom. The number of carbonyl (C=O) groups excluding carboxylic acids is 1. The highest BCUT2D eigenvalue weighted by atomic mass is 35.5. The molecule has 1 aliphatic heterocycles. The topological polar surface area (TPSA) is 29.1 Å². The van der Waals surface area contributed by atoms with E-state index in [1.165, 1.54) is 0 Å². The Labute approximate surface area is 110 Å². The first kappa shape index (κ1) is 11.1. The minimum atomic E-state index is 0.00511. The van der Waals surface area contributed by atoms with E-state index in [9.17, 15) is 4.79 Å². The van der Waals surface area contributed by atoms with E-state index in [1.54, 1.807) is 18.2 Å². The number of halogens is 1. The minimum absolute atomic E-state index is 0.00511. The fourth-order valence-corrected chi connectivity index (χ4v) is 2.15. The molecule has 2 aromatic carbocycles. The maximum absolute atomic E-state index is 12.1. The van der Waals surface area contributed by atoms with Crippen molar-refractivity contribution in [3.8, 4) is 0 Å². The largest absolute Gasteiger partial charge is 0.352 e. The number of fused-ring (bicyclic) bond motifs is 1. The first-order valence-electron chi connectivity index (χ1n) is 5.62. The summed E-state index contributed by atoms with van der Waals surface area (Å²) in [5.41, 5.74) is 3.02. The van der Waals surface area contributed by atoms with Crippen molar-refractivity contribution >= 4 is 29.1 Å². The molecule has 2 aromatic rings. The Hall–Kier alpha value is -2.06. The lowest BCUT2D eigenvalue weighted by atomic mass is 10.1. The highest BCUT2D eigenvalue weighted by Gasteiger charge is 2.24. The number of hydrogen-bond acceptors (Lipinski definition) is 2. The Morgan fingerprint density at radius 1 is 1.06 bits per heavy atom. The number of anilines is 1. The molecule has 0 spiro atoms. The molecule has 0 aromatic heterocycles. The lowest BCUT2D eigenvalue weighted by molar-refractivity contribution is 0.104. The lowest BCUT2D eigenvalue weighted by Crippen LogP contribution is -1.99. The van der Waals surface area contributed by atoms with Crippen molar-refractivity contribution in [1.82, 2.24) is 0 Å². The zero-order valence-corrected chi connectivity index (χ0v) is 10.2. The van der Waals surface area contributed by atoms with Crippen LogP contribution in [0.5, 0.6) is 0 Å². The number of ketones is 1. The summed E-state index contributed by atoms with van der Waals surface area (Å²) in [7, 11) is 0. The second-order valence-electron chi connectivity index (χ2n) is 4.11. The predicted octanol–water partition coefficient (Wildman–Crippen LogP) is 3.99. The van der Waals surface area contributed by atoms with Crippen LogP contribution in [0.2, 0.25) is 5.02 Å². The molecule has 0 atom stereocenters. The molecule has 2 nitrogen and oxygen atoms in total. The van der Waals surface area contributed by atoms with Crippen molar-refractivity contribution in [2.45, 2.75) is 0 Å². The first-order chi connectivity index (χ1) is 8.74. The Balaban J connectivity index is 2.00. The van der Waals surface area contributed by atoms with Crippen molar-refractivity contribution in [2.24, 2.45) is 0 Å². The fraction of sp³-hybridized carbons (Fsp3) is 0. The van der Waals surface area contributed by atoms with Crippen LogP contribution in [0.3, 0.4) is 0 Å². The molecule has 0 radical (unpaired) electrons. The number of rotatable bonds is 1. The average molecular weight is 256 g/mol. The van der Waals surface area contributed by atoms with Gasteiger partial charge in [-0.25, -0.2) is 0 Å². The summed E-state index contributed by atoms with van der Waals surface area (Å²) in [5.74, 6) is 0.00511. The predicted molar refractivity (Wildman–Crippen MR) is 73.8 cm³/mol. The van der Waals surface area contributed by atoms with Crippen LogP contribution in [0.25, 0.3) is 6.08 Å². The second-order valence-corrected chi connectivity index (χ2v) is 4.55. The molecule has 0 unspecified atom stereocenters. The van der Waals surface area contributed by atoms with Crippen molar-refractivity contribution in [2.75, 3.05) is 5.32 Å². The van der Waals surface area contributed by atoms with Gasteiger partial charge in [0, 0.05) is 10.6 Å². The number of Topliss-reactive ketones (excluding diaryl/α,β-unsaturated/α-hetero) is 1. The minimum Gasteiger partial charge on any atom is -0.352 e. The van der Waals surface area contributed by atoms with Gasteiger partial charge in [0.1, 0.15) is 0 Å². The third kappa shape index (κ3) is 1.91. The van der Waals surface area contributed by atoms with Crippen LogP contribution < -0.4 is 5.32 Å². The highest BCUT2D eigenvalue weighted by molar-refractivity contribution is 6.31. The van der Waals surface area contributed by atoms with Crippen LogP contribution in [-0.2, 0) is 0 Å².